The van der Waals surface area contributed by atoms with E-state index in [9.17, 15) is 4.79 Å². The van der Waals surface area contributed by atoms with E-state index >= 15 is 0 Å². The zero-order valence-corrected chi connectivity index (χ0v) is 14.4. The molecule has 1 amide bonds. The third-order valence-corrected chi connectivity index (χ3v) is 4.78. The standard InChI is InChI=1S/C14H23BrN2OS/c1-4-16(5-2)8-7-9-17(6-3)14(18)12-10-13(15)19-11-12/h10-11H,4-9H2,1-3H3. The number of rotatable bonds is 8. The van der Waals surface area contributed by atoms with Crippen LogP contribution in [0.1, 0.15) is 37.6 Å². The highest BCUT2D eigenvalue weighted by Gasteiger charge is 2.15. The van der Waals surface area contributed by atoms with Crippen molar-refractivity contribution in [2.24, 2.45) is 0 Å². The van der Waals surface area contributed by atoms with E-state index in [0.29, 0.717) is 0 Å². The van der Waals surface area contributed by atoms with Crippen molar-refractivity contribution in [3.8, 4) is 0 Å². The summed E-state index contributed by atoms with van der Waals surface area (Å²) >= 11 is 4.96. The van der Waals surface area contributed by atoms with Crippen LogP contribution in [0.4, 0.5) is 0 Å². The fraction of sp³-hybridized carbons (Fsp3) is 0.643. The molecule has 0 saturated heterocycles. The molecule has 1 heterocycles. The minimum atomic E-state index is 0.143. The van der Waals surface area contributed by atoms with Gasteiger partial charge in [0.2, 0.25) is 0 Å². The highest BCUT2D eigenvalue weighted by molar-refractivity contribution is 9.11. The lowest BCUT2D eigenvalue weighted by Crippen LogP contribution is -2.34. The topological polar surface area (TPSA) is 23.6 Å². The molecule has 1 aromatic heterocycles. The Morgan fingerprint density at radius 3 is 2.37 bits per heavy atom. The highest BCUT2D eigenvalue weighted by atomic mass is 79.9. The second kappa shape index (κ2) is 8.72. The molecule has 0 N–H and O–H groups in total. The third-order valence-electron chi connectivity index (χ3n) is 3.28. The second-order valence-corrected chi connectivity index (χ2v) is 6.70. The van der Waals surface area contributed by atoms with Crippen LogP contribution < -0.4 is 0 Å². The third kappa shape index (κ3) is 5.24. The number of carbonyl (C=O) groups is 1. The van der Waals surface area contributed by atoms with Crippen LogP contribution in [-0.4, -0.2) is 48.4 Å². The van der Waals surface area contributed by atoms with E-state index in [-0.39, 0.29) is 5.91 Å². The van der Waals surface area contributed by atoms with Gasteiger partial charge in [-0.3, -0.25) is 4.79 Å². The summed E-state index contributed by atoms with van der Waals surface area (Å²) < 4.78 is 1.01. The zero-order chi connectivity index (χ0) is 14.3. The van der Waals surface area contributed by atoms with Crippen molar-refractivity contribution in [3.05, 3.63) is 20.8 Å². The zero-order valence-electron chi connectivity index (χ0n) is 12.0. The van der Waals surface area contributed by atoms with E-state index in [4.69, 9.17) is 0 Å². The van der Waals surface area contributed by atoms with Gasteiger partial charge in [-0.1, -0.05) is 13.8 Å². The van der Waals surface area contributed by atoms with Gasteiger partial charge in [-0.05, 0) is 55.0 Å². The Kier molecular flexibility index (Phi) is 7.64. The maximum Gasteiger partial charge on any atom is 0.254 e. The van der Waals surface area contributed by atoms with Crippen LogP contribution in [0.15, 0.2) is 15.2 Å². The molecule has 0 aromatic carbocycles. The van der Waals surface area contributed by atoms with Gasteiger partial charge in [0.25, 0.3) is 5.91 Å². The molecule has 0 radical (unpaired) electrons. The predicted molar refractivity (Wildman–Crippen MR) is 86.0 cm³/mol. The number of hydrogen-bond donors (Lipinski definition) is 0. The second-order valence-electron chi connectivity index (χ2n) is 4.40. The SMILES string of the molecule is CCN(CC)CCCN(CC)C(=O)c1csc(Br)c1. The summed E-state index contributed by atoms with van der Waals surface area (Å²) in [5, 5.41) is 1.92. The summed E-state index contributed by atoms with van der Waals surface area (Å²) in [5.41, 5.74) is 0.793. The average molecular weight is 347 g/mol. The van der Waals surface area contributed by atoms with Crippen molar-refractivity contribution in [2.75, 3.05) is 32.7 Å². The summed E-state index contributed by atoms with van der Waals surface area (Å²) in [5.74, 6) is 0.143. The molecule has 3 nitrogen and oxygen atoms in total. The van der Waals surface area contributed by atoms with Crippen molar-refractivity contribution >= 4 is 33.2 Å². The average Bonchev–Trinajstić information content (AvgIpc) is 2.85. The van der Waals surface area contributed by atoms with E-state index in [2.05, 4.69) is 34.7 Å². The van der Waals surface area contributed by atoms with Crippen LogP contribution >= 0.6 is 27.3 Å². The quantitative estimate of drug-likeness (QED) is 0.716. The number of halogens is 1. The number of carbonyl (C=O) groups excluding carboxylic acids is 1. The smallest absolute Gasteiger partial charge is 0.254 e. The molecule has 0 aliphatic carbocycles. The van der Waals surface area contributed by atoms with Gasteiger partial charge in [0, 0.05) is 18.5 Å². The van der Waals surface area contributed by atoms with Crippen LogP contribution in [0.2, 0.25) is 0 Å². The van der Waals surface area contributed by atoms with Crippen molar-refractivity contribution in [1.82, 2.24) is 9.80 Å². The Labute approximate surface area is 128 Å². The van der Waals surface area contributed by atoms with Gasteiger partial charge in [-0.15, -0.1) is 11.3 Å². The maximum absolute atomic E-state index is 12.3. The first-order valence-corrected chi connectivity index (χ1v) is 8.55. The number of amides is 1. The van der Waals surface area contributed by atoms with Crippen LogP contribution in [0.25, 0.3) is 0 Å². The largest absolute Gasteiger partial charge is 0.339 e. The molecule has 5 heteroatoms. The van der Waals surface area contributed by atoms with Gasteiger partial charge in [0.15, 0.2) is 0 Å². The normalized spacial score (nSPS) is 11.0. The van der Waals surface area contributed by atoms with Gasteiger partial charge in [0.1, 0.15) is 0 Å². The lowest BCUT2D eigenvalue weighted by Gasteiger charge is -2.23. The monoisotopic (exact) mass is 346 g/mol. The Morgan fingerprint density at radius 2 is 1.89 bits per heavy atom. The molecule has 0 saturated carbocycles. The molecule has 0 bridgehead atoms. The Bertz CT molecular complexity index is 391. The molecule has 0 fully saturated rings. The van der Waals surface area contributed by atoms with Gasteiger partial charge in [-0.25, -0.2) is 0 Å². The van der Waals surface area contributed by atoms with Gasteiger partial charge < -0.3 is 9.80 Å². The Morgan fingerprint density at radius 1 is 1.21 bits per heavy atom. The molecular formula is C14H23BrN2OS. The first-order valence-electron chi connectivity index (χ1n) is 6.88. The summed E-state index contributed by atoms with van der Waals surface area (Å²) in [7, 11) is 0. The fourth-order valence-corrected chi connectivity index (χ4v) is 3.16. The summed E-state index contributed by atoms with van der Waals surface area (Å²) in [6.45, 7) is 11.2. The van der Waals surface area contributed by atoms with Crippen LogP contribution in [0.3, 0.4) is 0 Å². The van der Waals surface area contributed by atoms with E-state index in [1.165, 1.54) is 0 Å². The van der Waals surface area contributed by atoms with Crippen molar-refractivity contribution < 1.29 is 4.79 Å². The molecule has 19 heavy (non-hydrogen) atoms. The molecule has 1 aromatic rings. The van der Waals surface area contributed by atoms with Crippen molar-refractivity contribution in [1.29, 1.82) is 0 Å². The Balaban J connectivity index is 2.47. The summed E-state index contributed by atoms with van der Waals surface area (Å²) in [4.78, 5) is 16.6. The molecule has 1 rings (SSSR count). The summed E-state index contributed by atoms with van der Waals surface area (Å²) in [6, 6.07) is 1.90. The predicted octanol–water partition coefficient (Wildman–Crippen LogP) is 3.70. The Hall–Kier alpha value is -0.390. The molecule has 0 aliphatic rings. The lowest BCUT2D eigenvalue weighted by atomic mass is 10.2. The number of nitrogens with zero attached hydrogens (tertiary/aromatic N) is 2. The number of thiophene rings is 1. The molecular weight excluding hydrogens is 324 g/mol. The van der Waals surface area contributed by atoms with E-state index in [1.54, 1.807) is 11.3 Å². The van der Waals surface area contributed by atoms with E-state index in [0.717, 1.165) is 48.5 Å². The highest BCUT2D eigenvalue weighted by Crippen LogP contribution is 2.21. The minimum absolute atomic E-state index is 0.143. The van der Waals surface area contributed by atoms with Crippen LogP contribution in [0.5, 0.6) is 0 Å². The molecule has 108 valence electrons. The fourth-order valence-electron chi connectivity index (χ4n) is 2.03. The molecule has 0 unspecified atom stereocenters. The van der Waals surface area contributed by atoms with E-state index in [1.807, 2.05) is 23.3 Å². The molecule has 0 atom stereocenters. The van der Waals surface area contributed by atoms with Crippen LogP contribution in [0, 0.1) is 0 Å². The van der Waals surface area contributed by atoms with Gasteiger partial charge >= 0.3 is 0 Å². The first-order chi connectivity index (χ1) is 9.12. The summed E-state index contributed by atoms with van der Waals surface area (Å²) in [6.07, 6.45) is 1.03. The van der Waals surface area contributed by atoms with Crippen LogP contribution in [-0.2, 0) is 0 Å². The van der Waals surface area contributed by atoms with Gasteiger partial charge in [0.05, 0.1) is 9.35 Å². The van der Waals surface area contributed by atoms with Crippen molar-refractivity contribution in [2.45, 2.75) is 27.2 Å². The number of hydrogen-bond acceptors (Lipinski definition) is 3. The first kappa shape index (κ1) is 16.7. The molecule has 0 spiro atoms. The molecule has 0 aliphatic heterocycles. The van der Waals surface area contributed by atoms with Gasteiger partial charge in [-0.2, -0.15) is 0 Å². The lowest BCUT2D eigenvalue weighted by molar-refractivity contribution is 0.0758. The van der Waals surface area contributed by atoms with E-state index < -0.39 is 0 Å². The maximum atomic E-state index is 12.3. The van der Waals surface area contributed by atoms with Crippen molar-refractivity contribution in [3.63, 3.8) is 0 Å². The minimum Gasteiger partial charge on any atom is -0.339 e.